The number of carbonyl (C=O) groups excluding carboxylic acids is 2. The van der Waals surface area contributed by atoms with Crippen molar-refractivity contribution in [2.45, 2.75) is 17.9 Å². The summed E-state index contributed by atoms with van der Waals surface area (Å²) in [5, 5.41) is 3.73. The molecule has 1 N–H and O–H groups in total. The summed E-state index contributed by atoms with van der Waals surface area (Å²) in [6, 6.07) is 9.20. The van der Waals surface area contributed by atoms with Crippen LogP contribution in [-0.2, 0) is 4.79 Å². The third kappa shape index (κ3) is 5.19. The highest BCUT2D eigenvalue weighted by Gasteiger charge is 2.25. The lowest BCUT2D eigenvalue weighted by molar-refractivity contribution is -0.116. The van der Waals surface area contributed by atoms with Gasteiger partial charge in [-0.15, -0.1) is 11.8 Å². The van der Waals surface area contributed by atoms with Gasteiger partial charge in [0.25, 0.3) is 5.91 Å². The Hall–Kier alpha value is -3.00. The number of aromatic nitrogens is 1. The molecule has 2 aliphatic rings. The van der Waals surface area contributed by atoms with Crippen LogP contribution in [0.2, 0.25) is 0 Å². The Morgan fingerprint density at radius 2 is 2.03 bits per heavy atom. The Kier molecular flexibility index (Phi) is 6.76. The van der Waals surface area contributed by atoms with Crippen molar-refractivity contribution >= 4 is 29.7 Å². The maximum atomic E-state index is 12.8. The molecule has 1 aromatic heterocycles. The average Bonchev–Trinajstić information content (AvgIpc) is 3.29. The highest BCUT2D eigenvalue weighted by atomic mass is 32.2. The Balaban J connectivity index is 1.23. The first-order valence-corrected chi connectivity index (χ1v) is 11.5. The summed E-state index contributed by atoms with van der Waals surface area (Å²) in [5.74, 6) is 1.68. The molecule has 2 amide bonds. The smallest absolute Gasteiger partial charge is 0.256 e. The van der Waals surface area contributed by atoms with Crippen LogP contribution in [0.15, 0.2) is 47.6 Å². The minimum Gasteiger partial charge on any atom is -0.454 e. The van der Waals surface area contributed by atoms with E-state index in [1.54, 1.807) is 18.3 Å². The molecular formula is C23H25N3O4S. The number of benzene rings is 1. The van der Waals surface area contributed by atoms with Crippen molar-refractivity contribution in [2.75, 3.05) is 32.7 Å². The fourth-order valence-electron chi connectivity index (χ4n) is 3.72. The Bertz CT molecular complexity index is 987. The number of pyridine rings is 1. The number of fused-ring (bicyclic) bond motifs is 1. The van der Waals surface area contributed by atoms with Gasteiger partial charge in [0.1, 0.15) is 5.03 Å². The summed E-state index contributed by atoms with van der Waals surface area (Å²) in [6.07, 6.45) is 8.66. The fourth-order valence-corrected chi connectivity index (χ4v) is 4.26. The SMILES string of the molecule is CSc1ncccc1C(=O)N1CCC(CNC(=O)C=Cc2ccc3c(c2)OCO3)CC1. The molecule has 1 aromatic carbocycles. The Labute approximate surface area is 185 Å². The molecular weight excluding hydrogens is 414 g/mol. The maximum absolute atomic E-state index is 12.8. The standard InChI is InChI=1S/C23H25N3O4S/c1-31-22-18(3-2-10-24-22)23(28)26-11-8-17(9-12-26)14-25-21(27)7-5-16-4-6-19-20(13-16)30-15-29-19/h2-7,10,13,17H,8-9,11-12,14-15H2,1H3,(H,25,27). The van der Waals surface area contributed by atoms with Crippen LogP contribution in [0.5, 0.6) is 11.5 Å². The molecule has 1 saturated heterocycles. The van der Waals surface area contributed by atoms with E-state index in [2.05, 4.69) is 10.3 Å². The molecule has 2 aliphatic heterocycles. The molecule has 0 unspecified atom stereocenters. The van der Waals surface area contributed by atoms with Crippen LogP contribution in [0.1, 0.15) is 28.8 Å². The van der Waals surface area contributed by atoms with E-state index < -0.39 is 0 Å². The summed E-state index contributed by atoms with van der Waals surface area (Å²) in [5.41, 5.74) is 1.54. The van der Waals surface area contributed by atoms with E-state index in [1.807, 2.05) is 35.4 Å². The predicted octanol–water partition coefficient (Wildman–Crippen LogP) is 3.21. The first-order chi connectivity index (χ1) is 15.1. The molecule has 0 radical (unpaired) electrons. The first kappa shape index (κ1) is 21.2. The number of piperidine rings is 1. The van der Waals surface area contributed by atoms with E-state index in [-0.39, 0.29) is 18.6 Å². The number of nitrogens with one attached hydrogen (secondary N) is 1. The van der Waals surface area contributed by atoms with Gasteiger partial charge in [0, 0.05) is 31.9 Å². The van der Waals surface area contributed by atoms with Gasteiger partial charge in [-0.1, -0.05) is 6.07 Å². The molecule has 1 fully saturated rings. The van der Waals surface area contributed by atoms with Crippen molar-refractivity contribution < 1.29 is 19.1 Å². The minimum absolute atomic E-state index is 0.0339. The average molecular weight is 440 g/mol. The van der Waals surface area contributed by atoms with Gasteiger partial charge in [-0.05, 0) is 60.9 Å². The topological polar surface area (TPSA) is 80.8 Å². The molecule has 0 atom stereocenters. The number of rotatable bonds is 6. The molecule has 3 heterocycles. The second-order valence-electron chi connectivity index (χ2n) is 7.49. The number of thioether (sulfide) groups is 1. The van der Waals surface area contributed by atoms with Crippen molar-refractivity contribution in [3.05, 3.63) is 53.7 Å². The number of carbonyl (C=O) groups is 2. The summed E-state index contributed by atoms with van der Waals surface area (Å²) in [4.78, 5) is 31.2. The van der Waals surface area contributed by atoms with Gasteiger partial charge in [0.15, 0.2) is 11.5 Å². The molecule has 8 heteroatoms. The Morgan fingerprint density at radius 1 is 1.23 bits per heavy atom. The second kappa shape index (κ2) is 9.87. The molecule has 0 bridgehead atoms. The third-order valence-electron chi connectivity index (χ3n) is 5.49. The van der Waals surface area contributed by atoms with E-state index in [0.717, 1.165) is 29.2 Å². The van der Waals surface area contributed by atoms with Crippen molar-refractivity contribution in [1.82, 2.24) is 15.2 Å². The number of hydrogen-bond acceptors (Lipinski definition) is 6. The lowest BCUT2D eigenvalue weighted by Gasteiger charge is -2.32. The molecule has 0 spiro atoms. The normalized spacial score (nSPS) is 16.0. The van der Waals surface area contributed by atoms with Crippen molar-refractivity contribution in [3.63, 3.8) is 0 Å². The van der Waals surface area contributed by atoms with Crippen LogP contribution in [0.25, 0.3) is 6.08 Å². The minimum atomic E-state index is -0.129. The molecule has 0 aliphatic carbocycles. The van der Waals surface area contributed by atoms with Crippen LogP contribution in [0, 0.1) is 5.92 Å². The molecule has 4 rings (SSSR count). The lowest BCUT2D eigenvalue weighted by Crippen LogP contribution is -2.41. The fraction of sp³-hybridized carbons (Fsp3) is 0.348. The highest BCUT2D eigenvalue weighted by molar-refractivity contribution is 7.98. The lowest BCUT2D eigenvalue weighted by atomic mass is 9.96. The number of nitrogens with zero attached hydrogens (tertiary/aromatic N) is 2. The zero-order valence-electron chi connectivity index (χ0n) is 17.4. The van der Waals surface area contributed by atoms with E-state index in [4.69, 9.17) is 9.47 Å². The third-order valence-corrected chi connectivity index (χ3v) is 6.20. The second-order valence-corrected chi connectivity index (χ2v) is 8.28. The number of amides is 2. The predicted molar refractivity (Wildman–Crippen MR) is 119 cm³/mol. The zero-order valence-corrected chi connectivity index (χ0v) is 18.2. The number of ether oxygens (including phenoxy) is 2. The van der Waals surface area contributed by atoms with E-state index >= 15 is 0 Å². The monoisotopic (exact) mass is 439 g/mol. The Morgan fingerprint density at radius 3 is 2.84 bits per heavy atom. The summed E-state index contributed by atoms with van der Waals surface area (Å²) in [7, 11) is 0. The highest BCUT2D eigenvalue weighted by Crippen LogP contribution is 2.32. The zero-order chi connectivity index (χ0) is 21.6. The first-order valence-electron chi connectivity index (χ1n) is 10.3. The summed E-state index contributed by atoms with van der Waals surface area (Å²) < 4.78 is 10.6. The quantitative estimate of drug-likeness (QED) is 0.550. The largest absolute Gasteiger partial charge is 0.454 e. The van der Waals surface area contributed by atoms with Gasteiger partial charge in [0.05, 0.1) is 5.56 Å². The van der Waals surface area contributed by atoms with Crippen LogP contribution in [0.3, 0.4) is 0 Å². The van der Waals surface area contributed by atoms with Crippen LogP contribution >= 0.6 is 11.8 Å². The van der Waals surface area contributed by atoms with Crippen molar-refractivity contribution in [1.29, 1.82) is 0 Å². The summed E-state index contributed by atoms with van der Waals surface area (Å²) >= 11 is 1.48. The van der Waals surface area contributed by atoms with Gasteiger partial charge in [-0.2, -0.15) is 0 Å². The van der Waals surface area contributed by atoms with Gasteiger partial charge < -0.3 is 19.7 Å². The van der Waals surface area contributed by atoms with Crippen LogP contribution in [-0.4, -0.2) is 54.4 Å². The van der Waals surface area contributed by atoms with Gasteiger partial charge in [0.2, 0.25) is 12.7 Å². The molecule has 7 nitrogen and oxygen atoms in total. The van der Waals surface area contributed by atoms with E-state index in [9.17, 15) is 9.59 Å². The van der Waals surface area contributed by atoms with E-state index in [0.29, 0.717) is 36.9 Å². The molecule has 0 saturated carbocycles. The summed E-state index contributed by atoms with van der Waals surface area (Å²) in [6.45, 7) is 2.22. The maximum Gasteiger partial charge on any atom is 0.256 e. The molecule has 2 aromatic rings. The van der Waals surface area contributed by atoms with E-state index in [1.165, 1.54) is 17.8 Å². The molecule has 31 heavy (non-hydrogen) atoms. The van der Waals surface area contributed by atoms with Gasteiger partial charge in [-0.25, -0.2) is 4.98 Å². The van der Waals surface area contributed by atoms with Gasteiger partial charge in [-0.3, -0.25) is 9.59 Å². The van der Waals surface area contributed by atoms with Crippen molar-refractivity contribution in [2.24, 2.45) is 5.92 Å². The molecule has 162 valence electrons. The number of hydrogen-bond donors (Lipinski definition) is 1. The van der Waals surface area contributed by atoms with Crippen LogP contribution in [0.4, 0.5) is 0 Å². The van der Waals surface area contributed by atoms with Crippen LogP contribution < -0.4 is 14.8 Å². The van der Waals surface area contributed by atoms with Gasteiger partial charge >= 0.3 is 0 Å². The van der Waals surface area contributed by atoms with Crippen molar-refractivity contribution in [3.8, 4) is 11.5 Å². The number of likely N-dealkylation sites (tertiary alicyclic amines) is 1.